The summed E-state index contributed by atoms with van der Waals surface area (Å²) >= 11 is 0. The monoisotopic (exact) mass is 300 g/mol. The SMILES string of the molecule is CC1=CC(=O)C=C2CCC3C(CCC4C(C(=O)O)CCC43)C12. The second kappa shape index (κ2) is 5.07. The molecule has 0 saturated heterocycles. The van der Waals surface area contributed by atoms with E-state index in [0.717, 1.165) is 38.5 Å². The minimum absolute atomic E-state index is 0.104. The van der Waals surface area contributed by atoms with Crippen LogP contribution in [0.5, 0.6) is 0 Å². The van der Waals surface area contributed by atoms with Crippen molar-refractivity contribution in [3.05, 3.63) is 23.3 Å². The lowest BCUT2D eigenvalue weighted by Gasteiger charge is -2.49. The Morgan fingerprint density at radius 2 is 1.68 bits per heavy atom. The van der Waals surface area contributed by atoms with E-state index in [1.54, 1.807) is 0 Å². The van der Waals surface area contributed by atoms with Crippen LogP contribution in [0.4, 0.5) is 0 Å². The van der Waals surface area contributed by atoms with Crippen LogP contribution in [0.2, 0.25) is 0 Å². The van der Waals surface area contributed by atoms with Gasteiger partial charge in [0.05, 0.1) is 5.92 Å². The van der Waals surface area contributed by atoms with Crippen molar-refractivity contribution in [1.82, 2.24) is 0 Å². The predicted octanol–water partition coefficient (Wildman–Crippen LogP) is 3.61. The molecule has 0 aromatic carbocycles. The predicted molar refractivity (Wildman–Crippen MR) is 83.1 cm³/mol. The third-order valence-electron chi connectivity index (χ3n) is 6.91. The standard InChI is InChI=1S/C19H24O3/c1-10-8-12(20)9-11-2-3-14-13-5-7-17(19(21)22)15(13)4-6-16(14)18(10)11/h8-9,13-18H,2-7H2,1H3,(H,21,22). The maximum Gasteiger partial charge on any atom is 0.306 e. The Hall–Kier alpha value is -1.38. The van der Waals surface area contributed by atoms with Crippen molar-refractivity contribution in [2.24, 2.45) is 35.5 Å². The Morgan fingerprint density at radius 3 is 2.45 bits per heavy atom. The average molecular weight is 300 g/mol. The van der Waals surface area contributed by atoms with Gasteiger partial charge < -0.3 is 5.11 Å². The molecule has 3 heteroatoms. The van der Waals surface area contributed by atoms with Gasteiger partial charge >= 0.3 is 5.97 Å². The normalized spacial score (nSPS) is 43.6. The smallest absolute Gasteiger partial charge is 0.306 e. The lowest BCUT2D eigenvalue weighted by Crippen LogP contribution is -2.42. The second-order valence-electron chi connectivity index (χ2n) is 7.78. The van der Waals surface area contributed by atoms with Crippen LogP contribution in [0.1, 0.15) is 45.4 Å². The average Bonchev–Trinajstić information content (AvgIpc) is 2.90. The number of carbonyl (C=O) groups is 2. The molecule has 3 fully saturated rings. The zero-order chi connectivity index (χ0) is 15.4. The molecule has 6 unspecified atom stereocenters. The number of carboxylic acids is 1. The van der Waals surface area contributed by atoms with Crippen molar-refractivity contribution in [2.75, 3.05) is 0 Å². The van der Waals surface area contributed by atoms with Crippen molar-refractivity contribution in [2.45, 2.75) is 45.4 Å². The molecule has 6 atom stereocenters. The van der Waals surface area contributed by atoms with E-state index in [2.05, 4.69) is 6.92 Å². The molecule has 0 amide bonds. The third-order valence-corrected chi connectivity index (χ3v) is 6.91. The highest BCUT2D eigenvalue weighted by molar-refractivity contribution is 6.01. The summed E-state index contributed by atoms with van der Waals surface area (Å²) in [7, 11) is 0. The number of aliphatic carboxylic acids is 1. The van der Waals surface area contributed by atoms with E-state index in [1.165, 1.54) is 11.1 Å². The molecule has 0 heterocycles. The molecule has 3 nitrogen and oxygen atoms in total. The van der Waals surface area contributed by atoms with Gasteiger partial charge in [-0.1, -0.05) is 11.1 Å². The van der Waals surface area contributed by atoms with Crippen LogP contribution in [0.3, 0.4) is 0 Å². The first-order valence-electron chi connectivity index (χ1n) is 8.71. The van der Waals surface area contributed by atoms with Crippen molar-refractivity contribution in [1.29, 1.82) is 0 Å². The largest absolute Gasteiger partial charge is 0.481 e. The van der Waals surface area contributed by atoms with Gasteiger partial charge in [0.1, 0.15) is 0 Å². The van der Waals surface area contributed by atoms with E-state index in [9.17, 15) is 14.7 Å². The molecule has 1 N–H and O–H groups in total. The highest BCUT2D eigenvalue weighted by Gasteiger charge is 2.51. The Kier molecular flexibility index (Phi) is 3.28. The quantitative estimate of drug-likeness (QED) is 0.805. The van der Waals surface area contributed by atoms with Crippen molar-refractivity contribution < 1.29 is 14.7 Å². The Labute approximate surface area is 131 Å². The van der Waals surface area contributed by atoms with Gasteiger partial charge in [-0.15, -0.1) is 0 Å². The van der Waals surface area contributed by atoms with Crippen LogP contribution in [0.15, 0.2) is 23.3 Å². The van der Waals surface area contributed by atoms with Gasteiger partial charge in [0.15, 0.2) is 5.78 Å². The molecule has 4 aliphatic rings. The number of allylic oxidation sites excluding steroid dienone is 4. The van der Waals surface area contributed by atoms with Crippen LogP contribution in [-0.2, 0) is 9.59 Å². The van der Waals surface area contributed by atoms with Gasteiger partial charge in [0.2, 0.25) is 0 Å². The summed E-state index contributed by atoms with van der Waals surface area (Å²) in [5.74, 6) is 2.24. The van der Waals surface area contributed by atoms with Crippen LogP contribution >= 0.6 is 0 Å². The first-order chi connectivity index (χ1) is 10.6. The van der Waals surface area contributed by atoms with Gasteiger partial charge in [0.25, 0.3) is 0 Å². The van der Waals surface area contributed by atoms with Gasteiger partial charge in [-0.3, -0.25) is 9.59 Å². The van der Waals surface area contributed by atoms with Crippen LogP contribution in [0.25, 0.3) is 0 Å². The minimum atomic E-state index is -0.582. The summed E-state index contributed by atoms with van der Waals surface area (Å²) in [5.41, 5.74) is 2.58. The Morgan fingerprint density at radius 1 is 1.00 bits per heavy atom. The fraction of sp³-hybridized carbons (Fsp3) is 0.684. The molecular weight excluding hydrogens is 276 g/mol. The first kappa shape index (κ1) is 14.2. The molecule has 4 aliphatic carbocycles. The van der Waals surface area contributed by atoms with Gasteiger partial charge in [0, 0.05) is 5.92 Å². The van der Waals surface area contributed by atoms with E-state index < -0.39 is 5.97 Å². The number of ketones is 1. The van der Waals surface area contributed by atoms with Crippen molar-refractivity contribution >= 4 is 11.8 Å². The van der Waals surface area contributed by atoms with E-state index >= 15 is 0 Å². The van der Waals surface area contributed by atoms with Crippen molar-refractivity contribution in [3.8, 4) is 0 Å². The number of carbonyl (C=O) groups excluding carboxylic acids is 1. The number of hydrogen-bond donors (Lipinski definition) is 1. The number of hydrogen-bond acceptors (Lipinski definition) is 2. The molecule has 3 saturated carbocycles. The lowest BCUT2D eigenvalue weighted by atomic mass is 9.55. The summed E-state index contributed by atoms with van der Waals surface area (Å²) in [4.78, 5) is 23.2. The highest BCUT2D eigenvalue weighted by atomic mass is 16.4. The second-order valence-corrected chi connectivity index (χ2v) is 7.78. The Balaban J connectivity index is 1.61. The lowest BCUT2D eigenvalue weighted by molar-refractivity contribution is -0.144. The van der Waals surface area contributed by atoms with Gasteiger partial charge in [-0.2, -0.15) is 0 Å². The first-order valence-corrected chi connectivity index (χ1v) is 8.71. The summed E-state index contributed by atoms with van der Waals surface area (Å²) in [6, 6.07) is 0. The van der Waals surface area contributed by atoms with E-state index in [1.807, 2.05) is 12.2 Å². The van der Waals surface area contributed by atoms with E-state index in [-0.39, 0.29) is 11.7 Å². The summed E-state index contributed by atoms with van der Waals surface area (Å²) < 4.78 is 0. The van der Waals surface area contributed by atoms with Crippen LogP contribution in [-0.4, -0.2) is 16.9 Å². The Bertz CT molecular complexity index is 585. The molecule has 0 aliphatic heterocycles. The number of rotatable bonds is 1. The minimum Gasteiger partial charge on any atom is -0.481 e. The third kappa shape index (κ3) is 2.01. The molecule has 0 aromatic heterocycles. The molecule has 0 bridgehead atoms. The topological polar surface area (TPSA) is 54.4 Å². The molecule has 0 radical (unpaired) electrons. The zero-order valence-corrected chi connectivity index (χ0v) is 13.1. The maximum absolute atomic E-state index is 11.8. The van der Waals surface area contributed by atoms with E-state index in [0.29, 0.717) is 29.6 Å². The summed E-state index contributed by atoms with van der Waals surface area (Å²) in [6.45, 7) is 2.11. The van der Waals surface area contributed by atoms with Crippen molar-refractivity contribution in [3.63, 3.8) is 0 Å². The molecule has 0 spiro atoms. The molecular formula is C19H24O3. The maximum atomic E-state index is 11.8. The molecule has 0 aromatic rings. The molecule has 4 rings (SSSR count). The molecule has 118 valence electrons. The number of fused-ring (bicyclic) bond motifs is 5. The van der Waals surface area contributed by atoms with Crippen LogP contribution in [0, 0.1) is 35.5 Å². The van der Waals surface area contributed by atoms with Crippen LogP contribution < -0.4 is 0 Å². The highest BCUT2D eigenvalue weighted by Crippen LogP contribution is 2.58. The number of carboxylic acid groups (broad SMARTS) is 1. The van der Waals surface area contributed by atoms with Gasteiger partial charge in [-0.05, 0) is 81.3 Å². The van der Waals surface area contributed by atoms with Gasteiger partial charge in [-0.25, -0.2) is 0 Å². The summed E-state index contributed by atoms with van der Waals surface area (Å²) in [5, 5.41) is 9.45. The molecule has 22 heavy (non-hydrogen) atoms. The fourth-order valence-electron chi connectivity index (χ4n) is 6.20. The fourth-order valence-corrected chi connectivity index (χ4v) is 6.20. The summed E-state index contributed by atoms with van der Waals surface area (Å²) in [6.07, 6.45) is 10.0. The zero-order valence-electron chi connectivity index (χ0n) is 13.1. The van der Waals surface area contributed by atoms with E-state index in [4.69, 9.17) is 0 Å².